The van der Waals surface area contributed by atoms with Gasteiger partial charge in [0, 0.05) is 4.83 Å². The zero-order valence-corrected chi connectivity index (χ0v) is 10.6. The van der Waals surface area contributed by atoms with Crippen LogP contribution >= 0.6 is 15.9 Å². The molecule has 0 aromatic carbocycles. The van der Waals surface area contributed by atoms with E-state index in [4.69, 9.17) is 4.74 Å². The van der Waals surface area contributed by atoms with Gasteiger partial charge in [-0.15, -0.1) is 0 Å². The lowest BCUT2D eigenvalue weighted by Crippen LogP contribution is -2.04. The summed E-state index contributed by atoms with van der Waals surface area (Å²) >= 11 is 3.56. The minimum atomic E-state index is 0.471. The largest absolute Gasteiger partial charge is 0.490 e. The second-order valence-corrected chi connectivity index (χ2v) is 4.99. The fourth-order valence-electron chi connectivity index (χ4n) is 1.26. The first kappa shape index (κ1) is 11.6. The van der Waals surface area contributed by atoms with Gasteiger partial charge in [0.1, 0.15) is 12.4 Å². The summed E-state index contributed by atoms with van der Waals surface area (Å²) < 4.78 is 5.65. The van der Waals surface area contributed by atoms with Crippen molar-refractivity contribution in [2.75, 3.05) is 6.61 Å². The predicted octanol–water partition coefficient (Wildman–Crippen LogP) is 3.97. The van der Waals surface area contributed by atoms with E-state index >= 15 is 0 Å². The van der Waals surface area contributed by atoms with Gasteiger partial charge in [0.05, 0.1) is 0 Å². The van der Waals surface area contributed by atoms with Gasteiger partial charge in [-0.1, -0.05) is 27.6 Å². The van der Waals surface area contributed by atoms with Gasteiger partial charge in [-0.2, -0.15) is 0 Å². The number of halogens is 1. The number of hydrogen-bond acceptors (Lipinski definition) is 1. The van der Waals surface area contributed by atoms with Crippen LogP contribution in [0.4, 0.5) is 0 Å². The third kappa shape index (κ3) is 3.70. The molecule has 1 aliphatic rings. The molecular weight excluding hydrogens is 240 g/mol. The number of ether oxygens (including phenoxy) is 1. The first-order valence-electron chi connectivity index (χ1n) is 4.88. The van der Waals surface area contributed by atoms with E-state index in [9.17, 15) is 0 Å². The molecule has 14 heavy (non-hydrogen) atoms. The van der Waals surface area contributed by atoms with Gasteiger partial charge in [-0.25, -0.2) is 0 Å². The zero-order chi connectivity index (χ0) is 10.6. The molecule has 1 atom stereocenters. The highest BCUT2D eigenvalue weighted by atomic mass is 79.9. The summed E-state index contributed by atoms with van der Waals surface area (Å²) in [4.78, 5) is 0.471. The first-order chi connectivity index (χ1) is 6.59. The lowest BCUT2D eigenvalue weighted by molar-refractivity contribution is 0.254. The van der Waals surface area contributed by atoms with Crippen molar-refractivity contribution in [1.82, 2.24) is 0 Å². The van der Waals surface area contributed by atoms with E-state index < -0.39 is 0 Å². The van der Waals surface area contributed by atoms with Crippen molar-refractivity contribution in [2.24, 2.45) is 0 Å². The molecule has 0 amide bonds. The molecule has 1 nitrogen and oxygen atoms in total. The lowest BCUT2D eigenvalue weighted by Gasteiger charge is -2.16. The SMILES string of the molecule is CC(C)=CCOC1=C(C)CC(Br)C=C1. The molecule has 0 saturated heterocycles. The van der Waals surface area contributed by atoms with Crippen LogP contribution in [0.1, 0.15) is 27.2 Å². The summed E-state index contributed by atoms with van der Waals surface area (Å²) in [5.41, 5.74) is 2.61. The van der Waals surface area contributed by atoms with E-state index in [1.54, 1.807) is 0 Å². The molecule has 2 heteroatoms. The van der Waals surface area contributed by atoms with Gasteiger partial charge in [-0.05, 0) is 44.9 Å². The van der Waals surface area contributed by atoms with Gasteiger partial charge >= 0.3 is 0 Å². The minimum Gasteiger partial charge on any atom is -0.490 e. The molecule has 0 saturated carbocycles. The van der Waals surface area contributed by atoms with E-state index in [0.717, 1.165) is 12.2 Å². The molecule has 0 N–H and O–H groups in total. The van der Waals surface area contributed by atoms with Crippen molar-refractivity contribution in [2.45, 2.75) is 32.0 Å². The van der Waals surface area contributed by atoms with Gasteiger partial charge in [0.15, 0.2) is 0 Å². The van der Waals surface area contributed by atoms with E-state index in [1.165, 1.54) is 11.1 Å². The number of allylic oxidation sites excluding steroid dienone is 4. The van der Waals surface area contributed by atoms with Gasteiger partial charge in [-0.3, -0.25) is 0 Å². The van der Waals surface area contributed by atoms with E-state index in [2.05, 4.69) is 54.9 Å². The van der Waals surface area contributed by atoms with E-state index in [0.29, 0.717) is 11.4 Å². The van der Waals surface area contributed by atoms with Crippen LogP contribution < -0.4 is 0 Å². The standard InChI is InChI=1S/C12H17BrO/c1-9(2)6-7-14-12-5-4-11(13)8-10(12)3/h4-6,11H,7-8H2,1-3H3. The van der Waals surface area contributed by atoms with Gasteiger partial charge in [0.25, 0.3) is 0 Å². The summed E-state index contributed by atoms with van der Waals surface area (Å²) in [5.74, 6) is 1.03. The second kappa shape index (κ2) is 5.40. The van der Waals surface area contributed by atoms with Crippen molar-refractivity contribution < 1.29 is 4.74 Å². The Balaban J connectivity index is 2.49. The minimum absolute atomic E-state index is 0.471. The molecule has 0 aromatic heterocycles. The molecule has 1 rings (SSSR count). The van der Waals surface area contributed by atoms with Crippen LogP contribution in [-0.2, 0) is 4.74 Å². The Bertz CT molecular complexity index is 283. The lowest BCUT2D eigenvalue weighted by atomic mass is 10.1. The first-order valence-corrected chi connectivity index (χ1v) is 5.79. The number of alkyl halides is 1. The average Bonchev–Trinajstić information content (AvgIpc) is 2.08. The zero-order valence-electron chi connectivity index (χ0n) is 9.01. The third-order valence-corrected chi connectivity index (χ3v) is 2.74. The Kier molecular flexibility index (Phi) is 4.46. The van der Waals surface area contributed by atoms with Gasteiger partial charge in [0.2, 0.25) is 0 Å². The quantitative estimate of drug-likeness (QED) is 0.549. The van der Waals surface area contributed by atoms with Crippen LogP contribution in [0.25, 0.3) is 0 Å². The molecule has 78 valence electrons. The Morgan fingerprint density at radius 2 is 2.36 bits per heavy atom. The van der Waals surface area contributed by atoms with Crippen LogP contribution in [0.15, 0.2) is 35.1 Å². The summed E-state index contributed by atoms with van der Waals surface area (Å²) in [6, 6.07) is 0. The Morgan fingerprint density at radius 1 is 1.64 bits per heavy atom. The highest BCUT2D eigenvalue weighted by Crippen LogP contribution is 2.24. The van der Waals surface area contributed by atoms with Crippen LogP contribution in [0.2, 0.25) is 0 Å². The van der Waals surface area contributed by atoms with Crippen molar-refractivity contribution in [3.05, 3.63) is 35.1 Å². The normalized spacial score (nSPS) is 21.0. The third-order valence-electron chi connectivity index (χ3n) is 2.11. The predicted molar refractivity (Wildman–Crippen MR) is 64.6 cm³/mol. The number of rotatable bonds is 3. The van der Waals surface area contributed by atoms with E-state index in [-0.39, 0.29) is 0 Å². The highest BCUT2D eigenvalue weighted by Gasteiger charge is 2.10. The summed E-state index contributed by atoms with van der Waals surface area (Å²) in [6.07, 6.45) is 7.32. The Hall–Kier alpha value is -0.500. The van der Waals surface area contributed by atoms with Crippen molar-refractivity contribution in [3.63, 3.8) is 0 Å². The highest BCUT2D eigenvalue weighted by molar-refractivity contribution is 9.09. The molecule has 1 unspecified atom stereocenters. The molecule has 0 bridgehead atoms. The van der Waals surface area contributed by atoms with Crippen LogP contribution in [0.5, 0.6) is 0 Å². The Morgan fingerprint density at radius 3 is 2.93 bits per heavy atom. The molecular formula is C12H17BrO. The van der Waals surface area contributed by atoms with Crippen molar-refractivity contribution in [3.8, 4) is 0 Å². The van der Waals surface area contributed by atoms with Crippen molar-refractivity contribution in [1.29, 1.82) is 0 Å². The topological polar surface area (TPSA) is 9.23 Å². The summed E-state index contributed by atoms with van der Waals surface area (Å²) in [6.45, 7) is 6.95. The summed E-state index contributed by atoms with van der Waals surface area (Å²) in [5, 5.41) is 0. The maximum absolute atomic E-state index is 5.65. The molecule has 1 aliphatic carbocycles. The van der Waals surface area contributed by atoms with Gasteiger partial charge < -0.3 is 4.74 Å². The molecule has 0 aromatic rings. The fourth-order valence-corrected chi connectivity index (χ4v) is 1.90. The number of hydrogen-bond donors (Lipinski definition) is 0. The van der Waals surface area contributed by atoms with Crippen molar-refractivity contribution >= 4 is 15.9 Å². The smallest absolute Gasteiger partial charge is 0.118 e. The molecule has 0 fully saturated rings. The molecule has 0 heterocycles. The fraction of sp³-hybridized carbons (Fsp3) is 0.500. The average molecular weight is 257 g/mol. The molecule has 0 spiro atoms. The Labute approximate surface area is 94.7 Å². The molecule has 0 radical (unpaired) electrons. The van der Waals surface area contributed by atoms with Crippen LogP contribution in [0, 0.1) is 0 Å². The monoisotopic (exact) mass is 256 g/mol. The van der Waals surface area contributed by atoms with Crippen LogP contribution in [0.3, 0.4) is 0 Å². The molecule has 0 aliphatic heterocycles. The van der Waals surface area contributed by atoms with Crippen LogP contribution in [-0.4, -0.2) is 11.4 Å². The second-order valence-electron chi connectivity index (χ2n) is 3.82. The maximum atomic E-state index is 5.65. The summed E-state index contributed by atoms with van der Waals surface area (Å²) in [7, 11) is 0. The maximum Gasteiger partial charge on any atom is 0.118 e. The van der Waals surface area contributed by atoms with E-state index in [1.807, 2.05) is 0 Å².